The van der Waals surface area contributed by atoms with Crippen LogP contribution in [0.4, 0.5) is 0 Å². The zero-order chi connectivity index (χ0) is 31.3. The van der Waals surface area contributed by atoms with Crippen molar-refractivity contribution >= 4 is 0 Å². The first-order valence-electron chi connectivity index (χ1n) is 20.6. The van der Waals surface area contributed by atoms with E-state index >= 15 is 0 Å². The summed E-state index contributed by atoms with van der Waals surface area (Å²) in [7, 11) is 7.03. The molecule has 4 nitrogen and oxygen atoms in total. The second kappa shape index (κ2) is 7.88. The van der Waals surface area contributed by atoms with Gasteiger partial charge in [0.15, 0.2) is 0 Å². The van der Waals surface area contributed by atoms with Gasteiger partial charge in [0.05, 0.1) is 17.8 Å². The third-order valence-corrected chi connectivity index (χ3v) is 20.6. The van der Waals surface area contributed by atoms with Crippen molar-refractivity contribution in [2.24, 2.45) is 73.9 Å². The average molecular weight is 637 g/mol. The maximum Gasteiger partial charge on any atom is 0.0745 e. The first-order chi connectivity index (χ1) is 22.6. The molecule has 3 saturated heterocycles. The van der Waals surface area contributed by atoms with Gasteiger partial charge in [0, 0.05) is 60.9 Å². The molecule has 12 bridgehead atoms. The topological polar surface area (TPSA) is 24.9 Å². The molecular formula is C43H60N2O2. The molecule has 11 fully saturated rings. The van der Waals surface area contributed by atoms with Crippen molar-refractivity contribution in [2.75, 3.05) is 40.8 Å². The van der Waals surface area contributed by atoms with Gasteiger partial charge in [0.25, 0.3) is 0 Å². The molecule has 254 valence electrons. The summed E-state index contributed by atoms with van der Waals surface area (Å²) in [5.41, 5.74) is 8.36. The van der Waals surface area contributed by atoms with E-state index in [4.69, 9.17) is 9.47 Å². The summed E-state index contributed by atoms with van der Waals surface area (Å²) in [5.74, 6) is 5.76. The minimum atomic E-state index is 0.0566. The summed E-state index contributed by atoms with van der Waals surface area (Å²) >= 11 is 0. The van der Waals surface area contributed by atoms with Gasteiger partial charge in [-0.3, -0.25) is 0 Å². The van der Waals surface area contributed by atoms with Crippen LogP contribution in [0.15, 0.2) is 22.8 Å². The Morgan fingerprint density at radius 1 is 0.936 bits per heavy atom. The van der Waals surface area contributed by atoms with E-state index in [2.05, 4.69) is 50.9 Å². The predicted molar refractivity (Wildman–Crippen MR) is 182 cm³/mol. The predicted octanol–water partition coefficient (Wildman–Crippen LogP) is 7.49. The fraction of sp³-hybridized carbons (Fsp3) is 0.907. The molecule has 3 aliphatic heterocycles. The van der Waals surface area contributed by atoms with Crippen LogP contribution in [0.3, 0.4) is 0 Å². The number of methoxy groups -OCH3 is 1. The molecule has 0 radical (unpaired) electrons. The number of piperidine rings is 2. The van der Waals surface area contributed by atoms with Crippen LogP contribution in [0.1, 0.15) is 104 Å². The molecule has 17 atom stereocenters. The lowest BCUT2D eigenvalue weighted by molar-refractivity contribution is -0.308. The van der Waals surface area contributed by atoms with Gasteiger partial charge in [0.1, 0.15) is 0 Å². The number of ether oxygens (including phenoxy) is 2. The summed E-state index contributed by atoms with van der Waals surface area (Å²) in [5, 5.41) is 0. The fourth-order valence-electron chi connectivity index (χ4n) is 20.4. The molecule has 12 aliphatic carbocycles. The summed E-state index contributed by atoms with van der Waals surface area (Å²) in [6.07, 6.45) is 23.7. The Bertz CT molecular complexity index is 1600. The third-order valence-electron chi connectivity index (χ3n) is 20.6. The van der Waals surface area contributed by atoms with E-state index in [0.29, 0.717) is 50.6 Å². The third kappa shape index (κ3) is 2.64. The fourth-order valence-corrected chi connectivity index (χ4v) is 20.4. The molecule has 3 heterocycles. The van der Waals surface area contributed by atoms with Gasteiger partial charge in [-0.15, -0.1) is 0 Å². The summed E-state index contributed by atoms with van der Waals surface area (Å²) in [6.45, 7) is 9.23. The zero-order valence-electron chi connectivity index (χ0n) is 30.1. The molecule has 8 saturated carbocycles. The molecule has 4 heteroatoms. The zero-order valence-corrected chi connectivity index (χ0v) is 30.1. The summed E-state index contributed by atoms with van der Waals surface area (Å²) in [6, 6.07) is 0.744. The van der Waals surface area contributed by atoms with Crippen LogP contribution in [0, 0.1) is 73.9 Å². The molecule has 5 spiro atoms. The van der Waals surface area contributed by atoms with E-state index in [9.17, 15) is 0 Å². The van der Waals surface area contributed by atoms with Gasteiger partial charge in [-0.05, 0) is 155 Å². The van der Waals surface area contributed by atoms with E-state index < -0.39 is 0 Å². The number of nitrogens with zero attached hydrogens (tertiary/aromatic N) is 2. The Morgan fingerprint density at radius 2 is 1.83 bits per heavy atom. The highest BCUT2D eigenvalue weighted by atomic mass is 16.5. The van der Waals surface area contributed by atoms with E-state index in [1.54, 1.807) is 0 Å². The van der Waals surface area contributed by atoms with Crippen molar-refractivity contribution in [1.29, 1.82) is 0 Å². The smallest absolute Gasteiger partial charge is 0.0745 e. The minimum absolute atomic E-state index is 0.0566. The molecule has 47 heavy (non-hydrogen) atoms. The monoisotopic (exact) mass is 636 g/mol. The number of hydrogen-bond acceptors (Lipinski definition) is 4. The standard InChI is InChI=1S/C43H60N2O2/c1-37-9-6-10-43-31(37)8-12-40-21-41(29(17-32(40)43)34(46-5)33(40)35(43)45(4)23-37)13-14-42-28-16-27-25-15-24-18-38(2,22-44(3)20-24)26(25)7-11-39(27,19-30(28)42)36(42)47-41/h16,24,28-36H,6-15,17-23H2,1-5H3/t24-,28+,29+,30-,31+,32+,33+,34-,35+,36+,37-,38+,39+,40-,41+,42+,43-/m1/s1. The van der Waals surface area contributed by atoms with Crippen molar-refractivity contribution in [3.05, 3.63) is 22.8 Å². The van der Waals surface area contributed by atoms with Crippen molar-refractivity contribution in [1.82, 2.24) is 9.80 Å². The van der Waals surface area contributed by atoms with Crippen molar-refractivity contribution < 1.29 is 9.47 Å². The Labute approximate surface area is 283 Å². The van der Waals surface area contributed by atoms with E-state index in [1.165, 1.54) is 110 Å². The maximum absolute atomic E-state index is 8.26. The molecule has 15 aliphatic rings. The second-order valence-corrected chi connectivity index (χ2v) is 21.8. The van der Waals surface area contributed by atoms with Crippen LogP contribution >= 0.6 is 0 Å². The molecular weight excluding hydrogens is 576 g/mol. The normalized spacial score (nSPS) is 66.3. The molecule has 15 rings (SSSR count). The summed E-state index contributed by atoms with van der Waals surface area (Å²) in [4.78, 5) is 5.58. The van der Waals surface area contributed by atoms with E-state index in [0.717, 1.165) is 41.5 Å². The molecule has 0 unspecified atom stereocenters. The van der Waals surface area contributed by atoms with Crippen LogP contribution in [-0.4, -0.2) is 74.5 Å². The van der Waals surface area contributed by atoms with Crippen LogP contribution in [0.5, 0.6) is 0 Å². The lowest BCUT2D eigenvalue weighted by atomic mass is 9.38. The Kier molecular flexibility index (Phi) is 4.69. The van der Waals surface area contributed by atoms with Crippen molar-refractivity contribution in [2.45, 2.75) is 128 Å². The Hall–Kier alpha value is -0.680. The van der Waals surface area contributed by atoms with Gasteiger partial charge in [-0.1, -0.05) is 31.9 Å². The maximum atomic E-state index is 8.26. The van der Waals surface area contributed by atoms with Gasteiger partial charge in [-0.2, -0.15) is 0 Å². The highest BCUT2D eigenvalue weighted by molar-refractivity contribution is 5.56. The molecule has 0 amide bonds. The lowest BCUT2D eigenvalue weighted by Crippen LogP contribution is -2.70. The number of allylic oxidation sites excluding steroid dienone is 2. The highest BCUT2D eigenvalue weighted by Gasteiger charge is 2.87. The average Bonchev–Trinajstić information content (AvgIpc) is 3.55. The first-order valence-corrected chi connectivity index (χ1v) is 20.6. The lowest BCUT2D eigenvalue weighted by Gasteiger charge is -2.70. The van der Waals surface area contributed by atoms with Crippen molar-refractivity contribution in [3.8, 4) is 0 Å². The Morgan fingerprint density at radius 3 is 2.70 bits per heavy atom. The number of fused-ring (bicyclic) bond motifs is 3. The van der Waals surface area contributed by atoms with Crippen LogP contribution in [0.2, 0.25) is 0 Å². The first kappa shape index (κ1) is 28.0. The van der Waals surface area contributed by atoms with Crippen LogP contribution < -0.4 is 0 Å². The molecule has 0 aromatic rings. The van der Waals surface area contributed by atoms with E-state index in [1.807, 2.05) is 16.7 Å². The van der Waals surface area contributed by atoms with Gasteiger partial charge >= 0.3 is 0 Å². The second-order valence-electron chi connectivity index (χ2n) is 21.8. The van der Waals surface area contributed by atoms with Crippen LogP contribution in [-0.2, 0) is 9.47 Å². The minimum Gasteiger partial charge on any atom is -0.381 e. The van der Waals surface area contributed by atoms with Gasteiger partial charge < -0.3 is 19.3 Å². The van der Waals surface area contributed by atoms with E-state index in [-0.39, 0.29) is 5.60 Å². The number of rotatable bonds is 1. The Balaban J connectivity index is 0.914. The largest absolute Gasteiger partial charge is 0.381 e. The molecule has 0 aromatic heterocycles. The van der Waals surface area contributed by atoms with Gasteiger partial charge in [0.2, 0.25) is 0 Å². The van der Waals surface area contributed by atoms with Crippen LogP contribution in [0.25, 0.3) is 0 Å². The molecule has 0 N–H and O–H groups in total. The SMILES string of the molecule is CO[C@H]1[C@H]2[C@@H]3N(C)C[C@@]4(C)CCC[C@]35[C@H]4CC[C@]23C[C@@]2(CC[C@@]46[C@@H]7C[C@]8(CCC9=C(C[C@H]%10CN(C)C[C@]9(C)C%10)C8=C[C@@H]74)[C@@H]6O2)[C@H]1C[C@@H]35. The molecule has 0 aromatic carbocycles. The number of hydrogen-bond donors (Lipinski definition) is 0. The quantitative estimate of drug-likeness (QED) is 0.298. The number of likely N-dealkylation sites (tertiary alicyclic amines) is 2. The highest BCUT2D eigenvalue weighted by Crippen LogP contribution is 2.88. The van der Waals surface area contributed by atoms with Crippen molar-refractivity contribution in [3.63, 3.8) is 0 Å². The van der Waals surface area contributed by atoms with Gasteiger partial charge in [-0.25, -0.2) is 0 Å². The summed E-state index contributed by atoms with van der Waals surface area (Å²) < 4.78 is 15.2.